The summed E-state index contributed by atoms with van der Waals surface area (Å²) in [4.78, 5) is 14.4. The van der Waals surface area contributed by atoms with Gasteiger partial charge in [-0.25, -0.2) is 0 Å². The van der Waals surface area contributed by atoms with Gasteiger partial charge < -0.3 is 14.7 Å². The summed E-state index contributed by atoms with van der Waals surface area (Å²) in [7, 11) is 0. The average Bonchev–Trinajstić information content (AvgIpc) is 3.12. The van der Waals surface area contributed by atoms with Gasteiger partial charge in [-0.1, -0.05) is 42.5 Å². The van der Waals surface area contributed by atoms with Crippen molar-refractivity contribution >= 4 is 5.91 Å². The van der Waals surface area contributed by atoms with Gasteiger partial charge in [0, 0.05) is 0 Å². The number of nitrogens with zero attached hydrogens (tertiary/aromatic N) is 1. The SMILES string of the molecule is O=C1C2CC3C=CC2(CN1C(CO)c1ccccc1)O3. The Labute approximate surface area is 117 Å². The van der Waals surface area contributed by atoms with Crippen molar-refractivity contribution in [3.8, 4) is 0 Å². The minimum absolute atomic E-state index is 0.0638. The molecular weight excluding hydrogens is 254 g/mol. The molecule has 104 valence electrons. The Hall–Kier alpha value is -1.65. The minimum atomic E-state index is -0.441. The zero-order valence-electron chi connectivity index (χ0n) is 11.1. The van der Waals surface area contributed by atoms with Gasteiger partial charge in [0.25, 0.3) is 0 Å². The topological polar surface area (TPSA) is 49.8 Å². The van der Waals surface area contributed by atoms with E-state index in [1.807, 2.05) is 36.4 Å². The molecule has 20 heavy (non-hydrogen) atoms. The second-order valence-corrected chi connectivity index (χ2v) is 5.83. The van der Waals surface area contributed by atoms with Crippen molar-refractivity contribution in [1.82, 2.24) is 4.90 Å². The first-order valence-electron chi connectivity index (χ1n) is 7.07. The lowest BCUT2D eigenvalue weighted by Gasteiger charge is -2.28. The molecule has 4 unspecified atom stereocenters. The lowest BCUT2D eigenvalue weighted by atomic mass is 9.86. The van der Waals surface area contributed by atoms with Crippen LogP contribution in [0.4, 0.5) is 0 Å². The standard InChI is InChI=1S/C16H17NO3/c18-9-14(11-4-2-1-3-5-11)17-10-16-7-6-12(20-16)8-13(16)15(17)19/h1-7,12-14,18H,8-10H2. The number of fused-ring (bicyclic) bond motifs is 1. The predicted molar refractivity (Wildman–Crippen MR) is 72.8 cm³/mol. The minimum Gasteiger partial charge on any atom is -0.394 e. The molecule has 2 bridgehead atoms. The van der Waals surface area contributed by atoms with Crippen molar-refractivity contribution in [3.05, 3.63) is 48.0 Å². The maximum atomic E-state index is 12.6. The van der Waals surface area contributed by atoms with E-state index in [1.54, 1.807) is 4.90 Å². The smallest absolute Gasteiger partial charge is 0.229 e. The zero-order valence-corrected chi connectivity index (χ0v) is 11.1. The molecule has 1 amide bonds. The molecule has 3 aliphatic rings. The second-order valence-electron chi connectivity index (χ2n) is 5.83. The third kappa shape index (κ3) is 1.52. The third-order valence-electron chi connectivity index (χ3n) is 4.75. The highest BCUT2D eigenvalue weighted by molar-refractivity contribution is 5.85. The number of carbonyl (C=O) groups excluding carboxylic acids is 1. The Morgan fingerprint density at radius 2 is 2.20 bits per heavy atom. The van der Waals surface area contributed by atoms with Gasteiger partial charge in [-0.05, 0) is 12.0 Å². The lowest BCUT2D eigenvalue weighted by Crippen LogP contribution is -2.36. The Balaban J connectivity index is 1.66. The van der Waals surface area contributed by atoms with Crippen LogP contribution in [0.2, 0.25) is 0 Å². The van der Waals surface area contributed by atoms with E-state index in [0.717, 1.165) is 12.0 Å². The Bertz CT molecular complexity index is 570. The van der Waals surface area contributed by atoms with E-state index in [1.165, 1.54) is 0 Å². The number of aliphatic hydroxyl groups is 1. The summed E-state index contributed by atoms with van der Waals surface area (Å²) in [5, 5.41) is 9.74. The molecule has 4 heteroatoms. The van der Waals surface area contributed by atoms with Gasteiger partial charge in [-0.2, -0.15) is 0 Å². The van der Waals surface area contributed by atoms with Crippen LogP contribution in [0.25, 0.3) is 0 Å². The molecule has 1 aromatic rings. The molecule has 0 aromatic heterocycles. The van der Waals surface area contributed by atoms with Gasteiger partial charge in [-0.15, -0.1) is 0 Å². The van der Waals surface area contributed by atoms with Gasteiger partial charge in [-0.3, -0.25) is 4.79 Å². The van der Waals surface area contributed by atoms with E-state index in [-0.39, 0.29) is 30.6 Å². The van der Waals surface area contributed by atoms with Crippen LogP contribution in [0.5, 0.6) is 0 Å². The second kappa shape index (κ2) is 4.17. The molecule has 1 aromatic carbocycles. The largest absolute Gasteiger partial charge is 0.394 e. The molecule has 4 nitrogen and oxygen atoms in total. The van der Waals surface area contributed by atoms with Crippen LogP contribution < -0.4 is 0 Å². The highest BCUT2D eigenvalue weighted by Gasteiger charge is 2.60. The first-order chi connectivity index (χ1) is 9.73. The first kappa shape index (κ1) is 12.1. The molecule has 2 saturated heterocycles. The molecule has 0 saturated carbocycles. The normalized spacial score (nSPS) is 35.6. The van der Waals surface area contributed by atoms with E-state index >= 15 is 0 Å². The summed E-state index contributed by atoms with van der Waals surface area (Å²) in [5.74, 6) is 0.0371. The number of hydrogen-bond acceptors (Lipinski definition) is 3. The van der Waals surface area contributed by atoms with Crippen molar-refractivity contribution in [3.63, 3.8) is 0 Å². The fraction of sp³-hybridized carbons (Fsp3) is 0.438. The summed E-state index contributed by atoms with van der Waals surface area (Å²) in [5.41, 5.74) is 0.530. The van der Waals surface area contributed by atoms with Crippen molar-refractivity contribution in [2.75, 3.05) is 13.2 Å². The van der Waals surface area contributed by atoms with Crippen molar-refractivity contribution in [2.24, 2.45) is 5.92 Å². The summed E-state index contributed by atoms with van der Waals surface area (Å²) < 4.78 is 5.96. The number of hydrogen-bond donors (Lipinski definition) is 1. The Kier molecular flexibility index (Phi) is 2.53. The molecule has 1 N–H and O–H groups in total. The Morgan fingerprint density at radius 1 is 1.40 bits per heavy atom. The van der Waals surface area contributed by atoms with Crippen LogP contribution in [0.1, 0.15) is 18.0 Å². The molecule has 2 fully saturated rings. The monoisotopic (exact) mass is 271 g/mol. The van der Waals surface area contributed by atoms with Crippen LogP contribution in [0.15, 0.2) is 42.5 Å². The quantitative estimate of drug-likeness (QED) is 0.842. The number of amides is 1. The molecular formula is C16H17NO3. The van der Waals surface area contributed by atoms with E-state index in [0.29, 0.717) is 6.54 Å². The van der Waals surface area contributed by atoms with Crippen LogP contribution in [-0.4, -0.2) is 40.8 Å². The molecule has 0 aliphatic carbocycles. The Morgan fingerprint density at radius 3 is 2.85 bits per heavy atom. The molecule has 3 aliphatic heterocycles. The predicted octanol–water partition coefficient (Wildman–Crippen LogP) is 1.28. The number of rotatable bonds is 3. The van der Waals surface area contributed by atoms with Gasteiger partial charge in [0.15, 0.2) is 0 Å². The number of benzene rings is 1. The number of aliphatic hydroxyl groups excluding tert-OH is 1. The summed E-state index contributed by atoms with van der Waals surface area (Å²) in [6.45, 7) is 0.481. The number of carbonyl (C=O) groups is 1. The van der Waals surface area contributed by atoms with Gasteiger partial charge in [0.1, 0.15) is 5.60 Å². The average molecular weight is 271 g/mol. The lowest BCUT2D eigenvalue weighted by molar-refractivity contribution is -0.134. The van der Waals surface area contributed by atoms with Crippen LogP contribution >= 0.6 is 0 Å². The first-order valence-corrected chi connectivity index (χ1v) is 7.07. The van der Waals surface area contributed by atoms with E-state index < -0.39 is 5.60 Å². The summed E-state index contributed by atoms with van der Waals surface area (Å²) in [6, 6.07) is 9.42. The van der Waals surface area contributed by atoms with E-state index in [4.69, 9.17) is 4.74 Å². The van der Waals surface area contributed by atoms with E-state index in [2.05, 4.69) is 6.08 Å². The van der Waals surface area contributed by atoms with Gasteiger partial charge in [0.2, 0.25) is 5.91 Å². The maximum absolute atomic E-state index is 12.6. The van der Waals surface area contributed by atoms with Crippen molar-refractivity contribution in [1.29, 1.82) is 0 Å². The highest BCUT2D eigenvalue weighted by Crippen LogP contribution is 2.49. The van der Waals surface area contributed by atoms with Crippen LogP contribution in [0, 0.1) is 5.92 Å². The summed E-state index contributed by atoms with van der Waals surface area (Å²) in [6.07, 6.45) is 4.99. The molecule has 3 heterocycles. The molecule has 0 radical (unpaired) electrons. The van der Waals surface area contributed by atoms with E-state index in [9.17, 15) is 9.90 Å². The maximum Gasteiger partial charge on any atom is 0.229 e. The number of likely N-dealkylation sites (tertiary alicyclic amines) is 1. The van der Waals surface area contributed by atoms with Crippen molar-refractivity contribution in [2.45, 2.75) is 24.2 Å². The fourth-order valence-corrected chi connectivity index (χ4v) is 3.76. The van der Waals surface area contributed by atoms with Gasteiger partial charge >= 0.3 is 0 Å². The molecule has 1 spiro atoms. The molecule has 4 rings (SSSR count). The van der Waals surface area contributed by atoms with Crippen LogP contribution in [-0.2, 0) is 9.53 Å². The fourth-order valence-electron chi connectivity index (χ4n) is 3.76. The zero-order chi connectivity index (χ0) is 13.7. The van der Waals surface area contributed by atoms with Gasteiger partial charge in [0.05, 0.1) is 31.2 Å². The summed E-state index contributed by atoms with van der Waals surface area (Å²) >= 11 is 0. The van der Waals surface area contributed by atoms with Crippen LogP contribution in [0.3, 0.4) is 0 Å². The molecule has 4 atom stereocenters. The third-order valence-corrected chi connectivity index (χ3v) is 4.75. The number of ether oxygens (including phenoxy) is 1. The highest BCUT2D eigenvalue weighted by atomic mass is 16.5. The van der Waals surface area contributed by atoms with Crippen molar-refractivity contribution < 1.29 is 14.6 Å².